The van der Waals surface area contributed by atoms with Crippen molar-refractivity contribution in [1.29, 1.82) is 0 Å². The molecule has 0 saturated carbocycles. The van der Waals surface area contributed by atoms with Crippen molar-refractivity contribution in [2.75, 3.05) is 24.7 Å². The molecule has 2 rings (SSSR count). The summed E-state index contributed by atoms with van der Waals surface area (Å²) in [6, 6.07) is 11.0. The number of nitrogens with one attached hydrogen (secondary N) is 2. The highest BCUT2D eigenvalue weighted by Gasteiger charge is 2.17. The normalized spacial score (nSPS) is 11.0. The topological polar surface area (TPSA) is 102 Å². The molecule has 0 radical (unpaired) electrons. The fourth-order valence-corrected chi connectivity index (χ4v) is 3.75. The highest BCUT2D eigenvalue weighted by Crippen LogP contribution is 2.22. The van der Waals surface area contributed by atoms with Crippen molar-refractivity contribution in [3.8, 4) is 5.75 Å². The van der Waals surface area contributed by atoms with Crippen molar-refractivity contribution in [3.05, 3.63) is 53.1 Å². The Labute approximate surface area is 169 Å². The van der Waals surface area contributed by atoms with E-state index in [-0.39, 0.29) is 23.6 Å². The number of rotatable bonds is 8. The van der Waals surface area contributed by atoms with E-state index in [1.54, 1.807) is 25.1 Å². The van der Waals surface area contributed by atoms with Crippen molar-refractivity contribution >= 4 is 38.9 Å². The molecule has 0 atom stereocenters. The Morgan fingerprint density at radius 1 is 1.07 bits per heavy atom. The first-order valence-electron chi connectivity index (χ1n) is 8.41. The fraction of sp³-hybridized carbons (Fsp3) is 0.263. The Morgan fingerprint density at radius 2 is 1.75 bits per heavy atom. The number of halogens is 1. The summed E-state index contributed by atoms with van der Waals surface area (Å²) in [7, 11) is -2.13. The average Bonchev–Trinajstić information content (AvgIpc) is 2.68. The van der Waals surface area contributed by atoms with E-state index in [4.69, 9.17) is 16.3 Å². The van der Waals surface area contributed by atoms with Gasteiger partial charge in [0, 0.05) is 17.1 Å². The first-order chi connectivity index (χ1) is 13.2. The monoisotopic (exact) mass is 424 g/mol. The molecule has 0 fully saturated rings. The number of sulfone groups is 1. The number of ether oxygens (including phenoxy) is 1. The summed E-state index contributed by atoms with van der Waals surface area (Å²) in [5, 5.41) is 5.58. The third-order valence-electron chi connectivity index (χ3n) is 4.00. The number of benzene rings is 2. The van der Waals surface area contributed by atoms with Crippen molar-refractivity contribution in [3.63, 3.8) is 0 Å². The lowest BCUT2D eigenvalue weighted by Gasteiger charge is -2.10. The minimum atomic E-state index is -3.61. The molecule has 2 aromatic rings. The van der Waals surface area contributed by atoms with E-state index in [0.29, 0.717) is 16.5 Å². The van der Waals surface area contributed by atoms with Gasteiger partial charge in [-0.15, -0.1) is 0 Å². The van der Waals surface area contributed by atoms with Crippen LogP contribution in [-0.4, -0.2) is 39.6 Å². The van der Waals surface area contributed by atoms with Gasteiger partial charge in [-0.05, 0) is 48.9 Å². The van der Waals surface area contributed by atoms with Crippen molar-refractivity contribution in [2.24, 2.45) is 0 Å². The molecule has 0 aromatic heterocycles. The average molecular weight is 425 g/mol. The summed E-state index contributed by atoms with van der Waals surface area (Å²) in [5.74, 6) is -0.787. The highest BCUT2D eigenvalue weighted by atomic mass is 35.5. The van der Waals surface area contributed by atoms with E-state index in [1.165, 1.54) is 31.4 Å². The molecule has 2 amide bonds. The Kier molecular flexibility index (Phi) is 7.42. The van der Waals surface area contributed by atoms with Gasteiger partial charge in [0.1, 0.15) is 5.75 Å². The molecular weight excluding hydrogens is 404 g/mol. The van der Waals surface area contributed by atoms with Crippen LogP contribution in [0.2, 0.25) is 5.02 Å². The van der Waals surface area contributed by atoms with Crippen molar-refractivity contribution in [2.45, 2.75) is 18.2 Å². The van der Waals surface area contributed by atoms with Gasteiger partial charge in [-0.3, -0.25) is 9.59 Å². The molecule has 0 aliphatic heterocycles. The SMILES string of the molecule is COc1ccc(S(=O)(=O)CCC(=O)NCC(=O)Nc2cccc(Cl)c2C)cc1. The standard InChI is InChI=1S/C19H21ClN2O5S/c1-13-16(20)4-3-5-17(13)22-19(24)12-21-18(23)10-11-28(25,26)15-8-6-14(27-2)7-9-15/h3-9H,10-12H2,1-2H3,(H,21,23)(H,22,24). The molecule has 2 aromatic carbocycles. The number of amides is 2. The second-order valence-corrected chi connectivity index (χ2v) is 8.50. The summed E-state index contributed by atoms with van der Waals surface area (Å²) in [5.41, 5.74) is 1.27. The van der Waals surface area contributed by atoms with Gasteiger partial charge in [0.05, 0.1) is 24.3 Å². The summed E-state index contributed by atoms with van der Waals surface area (Å²) < 4.78 is 29.5. The number of carbonyl (C=O) groups is 2. The molecule has 7 nitrogen and oxygen atoms in total. The first kappa shape index (κ1) is 21.7. The number of hydrogen-bond donors (Lipinski definition) is 2. The van der Waals surface area contributed by atoms with Gasteiger partial charge in [-0.25, -0.2) is 8.42 Å². The minimum Gasteiger partial charge on any atom is -0.497 e. The summed E-state index contributed by atoms with van der Waals surface area (Å²) in [6.07, 6.45) is -0.252. The van der Waals surface area contributed by atoms with Gasteiger partial charge in [-0.2, -0.15) is 0 Å². The smallest absolute Gasteiger partial charge is 0.243 e. The van der Waals surface area contributed by atoms with Crippen LogP contribution in [0, 0.1) is 6.92 Å². The molecule has 0 heterocycles. The number of carbonyl (C=O) groups excluding carboxylic acids is 2. The van der Waals surface area contributed by atoms with Crippen LogP contribution in [-0.2, 0) is 19.4 Å². The summed E-state index contributed by atoms with van der Waals surface area (Å²) >= 11 is 5.99. The van der Waals surface area contributed by atoms with Crippen LogP contribution in [0.25, 0.3) is 0 Å². The second-order valence-electron chi connectivity index (χ2n) is 5.98. The predicted molar refractivity (Wildman–Crippen MR) is 107 cm³/mol. The van der Waals surface area contributed by atoms with E-state index < -0.39 is 21.7 Å². The Bertz CT molecular complexity index is 959. The molecule has 9 heteroatoms. The number of hydrogen-bond acceptors (Lipinski definition) is 5. The van der Waals surface area contributed by atoms with Crippen LogP contribution < -0.4 is 15.4 Å². The molecule has 0 bridgehead atoms. The zero-order valence-electron chi connectivity index (χ0n) is 15.5. The molecular formula is C19H21ClN2O5S. The van der Waals surface area contributed by atoms with Crippen LogP contribution in [0.3, 0.4) is 0 Å². The van der Waals surface area contributed by atoms with Crippen molar-refractivity contribution < 1.29 is 22.7 Å². The Balaban J connectivity index is 1.83. The summed E-state index contributed by atoms with van der Waals surface area (Å²) in [6.45, 7) is 1.49. The van der Waals surface area contributed by atoms with Gasteiger partial charge in [-0.1, -0.05) is 17.7 Å². The molecule has 28 heavy (non-hydrogen) atoms. The zero-order chi connectivity index (χ0) is 20.7. The number of methoxy groups -OCH3 is 1. The second kappa shape index (κ2) is 9.57. The van der Waals surface area contributed by atoms with E-state index in [9.17, 15) is 18.0 Å². The fourth-order valence-electron chi connectivity index (χ4n) is 2.33. The molecule has 0 aliphatic rings. The highest BCUT2D eigenvalue weighted by molar-refractivity contribution is 7.91. The lowest BCUT2D eigenvalue weighted by atomic mass is 10.2. The molecule has 0 spiro atoms. The third-order valence-corrected chi connectivity index (χ3v) is 6.15. The lowest BCUT2D eigenvalue weighted by molar-refractivity contribution is -0.123. The van der Waals surface area contributed by atoms with Gasteiger partial charge < -0.3 is 15.4 Å². The van der Waals surface area contributed by atoms with Gasteiger partial charge >= 0.3 is 0 Å². The maximum absolute atomic E-state index is 12.3. The van der Waals surface area contributed by atoms with Crippen LogP contribution in [0.1, 0.15) is 12.0 Å². The quantitative estimate of drug-likeness (QED) is 0.678. The number of anilines is 1. The van der Waals surface area contributed by atoms with Gasteiger partial charge in [0.2, 0.25) is 11.8 Å². The Morgan fingerprint density at radius 3 is 2.39 bits per heavy atom. The Hall–Kier alpha value is -2.58. The van der Waals surface area contributed by atoms with Crippen LogP contribution in [0.4, 0.5) is 5.69 Å². The summed E-state index contributed by atoms with van der Waals surface area (Å²) in [4.78, 5) is 24.0. The maximum Gasteiger partial charge on any atom is 0.243 e. The van der Waals surface area contributed by atoms with E-state index in [1.807, 2.05) is 0 Å². The molecule has 0 unspecified atom stereocenters. The van der Waals surface area contributed by atoms with Crippen LogP contribution in [0.5, 0.6) is 5.75 Å². The van der Waals surface area contributed by atoms with E-state index in [2.05, 4.69) is 10.6 Å². The first-order valence-corrected chi connectivity index (χ1v) is 10.4. The minimum absolute atomic E-state index is 0.107. The lowest BCUT2D eigenvalue weighted by Crippen LogP contribution is -2.33. The van der Waals surface area contributed by atoms with E-state index >= 15 is 0 Å². The van der Waals surface area contributed by atoms with Gasteiger partial charge in [0.25, 0.3) is 0 Å². The third kappa shape index (κ3) is 5.97. The predicted octanol–water partition coefficient (Wildman–Crippen LogP) is 2.58. The molecule has 0 aliphatic carbocycles. The zero-order valence-corrected chi connectivity index (χ0v) is 17.1. The van der Waals surface area contributed by atoms with Crippen LogP contribution >= 0.6 is 11.6 Å². The molecule has 2 N–H and O–H groups in total. The molecule has 0 saturated heterocycles. The maximum atomic E-state index is 12.3. The van der Waals surface area contributed by atoms with E-state index in [0.717, 1.165) is 5.56 Å². The molecule has 150 valence electrons. The van der Waals surface area contributed by atoms with Crippen LogP contribution in [0.15, 0.2) is 47.4 Å². The van der Waals surface area contributed by atoms with Gasteiger partial charge in [0.15, 0.2) is 9.84 Å². The largest absolute Gasteiger partial charge is 0.497 e. The van der Waals surface area contributed by atoms with Crippen molar-refractivity contribution in [1.82, 2.24) is 5.32 Å².